The largest absolute Gasteiger partial charge is 0.481 e. The van der Waals surface area contributed by atoms with Crippen LogP contribution in [0.25, 0.3) is 0 Å². The highest BCUT2D eigenvalue weighted by atomic mass is 32.2. The van der Waals surface area contributed by atoms with Crippen molar-refractivity contribution in [2.24, 2.45) is 0 Å². The summed E-state index contributed by atoms with van der Waals surface area (Å²) < 4.78 is 27.2. The summed E-state index contributed by atoms with van der Waals surface area (Å²) in [5, 5.41) is 46.3. The lowest BCUT2D eigenvalue weighted by atomic mass is 10.7. The highest BCUT2D eigenvalue weighted by Gasteiger charge is 2.27. The van der Waals surface area contributed by atoms with Crippen molar-refractivity contribution in [2.45, 2.75) is 5.44 Å². The van der Waals surface area contributed by atoms with Crippen LogP contribution >= 0.6 is 25.3 Å². The Morgan fingerprint density at radius 3 is 1.09 bits per heavy atom. The first-order valence-electron chi connectivity index (χ1n) is 5.05. The standard InChI is InChI=1S/C2H4O6S.2C2H4O2S.C2H6O2/c3-1(4)2(5)9(6,7)8;2*3-2(4)1-5;3-1-2-4/h2,5H,(H,3,4)(H,6,7,8);2*5H,1H2,(H,3,4);3-4H,1-2H2. The minimum atomic E-state index is -4.85. The van der Waals surface area contributed by atoms with Crippen molar-refractivity contribution in [3.8, 4) is 0 Å². The maximum atomic E-state index is 9.70. The van der Waals surface area contributed by atoms with Gasteiger partial charge in [0.15, 0.2) is 0 Å². The van der Waals surface area contributed by atoms with Crippen LogP contribution in [0.2, 0.25) is 0 Å². The minimum absolute atomic E-state index is 0.0833. The fraction of sp³-hybridized carbons (Fsp3) is 0.625. The first-order valence-corrected chi connectivity index (χ1v) is 7.82. The Labute approximate surface area is 142 Å². The van der Waals surface area contributed by atoms with E-state index in [1.807, 2.05) is 0 Å². The van der Waals surface area contributed by atoms with Gasteiger partial charge in [0.25, 0.3) is 5.44 Å². The van der Waals surface area contributed by atoms with E-state index in [1.54, 1.807) is 0 Å². The molecule has 0 aromatic rings. The van der Waals surface area contributed by atoms with Crippen LogP contribution in [0.4, 0.5) is 0 Å². The van der Waals surface area contributed by atoms with Crippen LogP contribution in [0, 0.1) is 0 Å². The van der Waals surface area contributed by atoms with Crippen LogP contribution < -0.4 is 0 Å². The van der Waals surface area contributed by atoms with Gasteiger partial charge >= 0.3 is 28.0 Å². The fourth-order valence-electron chi connectivity index (χ4n) is 0.127. The Balaban J connectivity index is -0.000000112. The topological polar surface area (TPSA) is 227 Å². The smallest absolute Gasteiger partial charge is 0.351 e. The number of hydrogen-bond donors (Lipinski definition) is 9. The van der Waals surface area contributed by atoms with E-state index in [0.29, 0.717) is 0 Å². The van der Waals surface area contributed by atoms with Crippen molar-refractivity contribution < 1.29 is 58.0 Å². The van der Waals surface area contributed by atoms with Crippen molar-refractivity contribution in [3.05, 3.63) is 0 Å². The molecule has 1 unspecified atom stereocenters. The quantitative estimate of drug-likeness (QED) is 0.168. The Morgan fingerprint density at radius 1 is 0.870 bits per heavy atom. The number of aliphatic carboxylic acids is 3. The molecule has 0 aromatic carbocycles. The van der Waals surface area contributed by atoms with Gasteiger partial charge in [-0.2, -0.15) is 33.7 Å². The van der Waals surface area contributed by atoms with Crippen molar-refractivity contribution in [3.63, 3.8) is 0 Å². The molecule has 1 atom stereocenters. The van der Waals surface area contributed by atoms with Gasteiger partial charge in [0.05, 0.1) is 24.7 Å². The molecular formula is C8H18O12S3. The van der Waals surface area contributed by atoms with Gasteiger partial charge in [-0.15, -0.1) is 0 Å². The summed E-state index contributed by atoms with van der Waals surface area (Å²) in [4.78, 5) is 28.1. The SMILES string of the molecule is O=C(O)C(O)S(=O)(=O)O.O=C(O)CS.O=C(O)CS.OCCO. The summed E-state index contributed by atoms with van der Waals surface area (Å²) >= 11 is 6.83. The molecule has 15 heteroatoms. The molecule has 140 valence electrons. The number of aliphatic hydroxyl groups excluding tert-OH is 3. The highest BCUT2D eigenvalue weighted by Crippen LogP contribution is 1.91. The predicted molar refractivity (Wildman–Crippen MR) is 82.3 cm³/mol. The maximum absolute atomic E-state index is 9.70. The first kappa shape index (κ1) is 29.9. The normalized spacial score (nSPS) is 10.3. The van der Waals surface area contributed by atoms with Gasteiger partial charge in [0, 0.05) is 0 Å². The third-order valence-corrected chi connectivity index (χ3v) is 2.17. The molecule has 0 saturated heterocycles. The summed E-state index contributed by atoms with van der Waals surface area (Å²) in [6, 6.07) is 0. The number of carboxylic acid groups (broad SMARTS) is 3. The molecular weight excluding hydrogens is 384 g/mol. The Morgan fingerprint density at radius 2 is 1.09 bits per heavy atom. The molecule has 0 aliphatic rings. The molecule has 0 heterocycles. The number of thiol groups is 2. The number of aliphatic hydroxyl groups is 3. The number of hydrogen-bond acceptors (Lipinski definition) is 10. The lowest BCUT2D eigenvalue weighted by molar-refractivity contribution is -0.142. The second-order valence-electron chi connectivity index (χ2n) is 2.76. The van der Waals surface area contributed by atoms with E-state index in [1.165, 1.54) is 0 Å². The third kappa shape index (κ3) is 38.6. The molecule has 0 spiro atoms. The van der Waals surface area contributed by atoms with Crippen LogP contribution in [0.15, 0.2) is 0 Å². The number of carbonyl (C=O) groups is 3. The van der Waals surface area contributed by atoms with Gasteiger partial charge in [-0.25, -0.2) is 4.79 Å². The average molecular weight is 402 g/mol. The minimum Gasteiger partial charge on any atom is -0.481 e. The Bertz CT molecular complexity index is 404. The third-order valence-electron chi connectivity index (χ3n) is 0.864. The predicted octanol–water partition coefficient (Wildman–Crippen LogP) is -2.75. The fourth-order valence-corrected chi connectivity index (χ4v) is 0.382. The summed E-state index contributed by atoms with van der Waals surface area (Å²) in [6.45, 7) is -0.250. The zero-order valence-corrected chi connectivity index (χ0v) is 14.0. The van der Waals surface area contributed by atoms with Gasteiger partial charge in [-0.1, -0.05) is 0 Å². The van der Waals surface area contributed by atoms with E-state index in [-0.39, 0.29) is 24.7 Å². The first-order chi connectivity index (χ1) is 10.3. The second-order valence-corrected chi connectivity index (χ2v) is 4.87. The summed E-state index contributed by atoms with van der Waals surface area (Å²) in [6.07, 6.45) is 0. The van der Waals surface area contributed by atoms with Crippen LogP contribution in [0.3, 0.4) is 0 Å². The van der Waals surface area contributed by atoms with E-state index < -0.39 is 33.5 Å². The molecule has 12 nitrogen and oxygen atoms in total. The summed E-state index contributed by atoms with van der Waals surface area (Å²) in [5.41, 5.74) is -2.74. The molecule has 0 saturated carbocycles. The lowest BCUT2D eigenvalue weighted by Crippen LogP contribution is -2.28. The molecule has 0 fully saturated rings. The van der Waals surface area contributed by atoms with Gasteiger partial charge in [-0.05, 0) is 0 Å². The van der Waals surface area contributed by atoms with E-state index in [0.717, 1.165) is 0 Å². The highest BCUT2D eigenvalue weighted by molar-refractivity contribution is 7.87. The Kier molecular flexibility index (Phi) is 24.6. The maximum Gasteiger partial charge on any atom is 0.351 e. The molecule has 0 aromatic heterocycles. The molecule has 23 heavy (non-hydrogen) atoms. The van der Waals surface area contributed by atoms with Gasteiger partial charge in [0.2, 0.25) is 0 Å². The van der Waals surface area contributed by atoms with Crippen molar-refractivity contribution in [2.75, 3.05) is 24.7 Å². The van der Waals surface area contributed by atoms with Gasteiger partial charge < -0.3 is 30.6 Å². The van der Waals surface area contributed by atoms with E-state index in [2.05, 4.69) is 25.3 Å². The van der Waals surface area contributed by atoms with Gasteiger partial charge in [-0.3, -0.25) is 14.1 Å². The van der Waals surface area contributed by atoms with Crippen molar-refractivity contribution >= 4 is 53.3 Å². The number of rotatable bonds is 5. The zero-order valence-electron chi connectivity index (χ0n) is 11.4. The van der Waals surface area contributed by atoms with E-state index in [4.69, 9.17) is 35.2 Å². The average Bonchev–Trinajstić information content (AvgIpc) is 2.46. The molecule has 0 aliphatic heterocycles. The van der Waals surface area contributed by atoms with Crippen LogP contribution in [-0.4, -0.2) is 91.7 Å². The molecule has 0 rings (SSSR count). The monoisotopic (exact) mass is 402 g/mol. The van der Waals surface area contributed by atoms with Gasteiger partial charge in [0.1, 0.15) is 0 Å². The summed E-state index contributed by atoms with van der Waals surface area (Å²) in [5.74, 6) is -3.93. The van der Waals surface area contributed by atoms with Crippen molar-refractivity contribution in [1.29, 1.82) is 0 Å². The van der Waals surface area contributed by atoms with Crippen LogP contribution in [0.1, 0.15) is 0 Å². The van der Waals surface area contributed by atoms with Crippen LogP contribution in [-0.2, 0) is 24.5 Å². The van der Waals surface area contributed by atoms with Crippen molar-refractivity contribution in [1.82, 2.24) is 0 Å². The Hall–Kier alpha value is -1.10. The number of carboxylic acids is 3. The van der Waals surface area contributed by atoms with E-state index >= 15 is 0 Å². The van der Waals surface area contributed by atoms with Crippen LogP contribution in [0.5, 0.6) is 0 Å². The molecule has 0 bridgehead atoms. The zero-order chi connectivity index (χ0) is 19.6. The lowest BCUT2D eigenvalue weighted by Gasteiger charge is -1.97. The summed E-state index contributed by atoms with van der Waals surface area (Å²) in [7, 11) is -4.85. The molecule has 7 N–H and O–H groups in total. The molecule has 0 amide bonds. The second kappa shape index (κ2) is 18.9. The molecule has 0 aliphatic carbocycles. The van der Waals surface area contributed by atoms with E-state index in [9.17, 15) is 22.8 Å². The molecule has 0 radical (unpaired) electrons.